The fourth-order valence-corrected chi connectivity index (χ4v) is 4.06. The van der Waals surface area contributed by atoms with Gasteiger partial charge in [-0.05, 0) is 43.6 Å². The van der Waals surface area contributed by atoms with E-state index in [1.807, 2.05) is 41.4 Å². The van der Waals surface area contributed by atoms with E-state index in [1.165, 1.54) is 19.3 Å². The molecule has 1 aromatic carbocycles. The Labute approximate surface area is 166 Å². The van der Waals surface area contributed by atoms with Crippen molar-refractivity contribution in [2.24, 2.45) is 0 Å². The Morgan fingerprint density at radius 2 is 1.96 bits per heavy atom. The van der Waals surface area contributed by atoms with Crippen LogP contribution in [0.1, 0.15) is 36.4 Å². The summed E-state index contributed by atoms with van der Waals surface area (Å²) in [4.78, 5) is 21.5. The fraction of sp³-hybridized carbons (Fsp3) is 0.455. The molecule has 4 rings (SSSR count). The SMILES string of the molecule is O=C(NC[C@@H](c1cccnc1)N1CCCCC1)N1CCOc2ccccc2C1. The van der Waals surface area contributed by atoms with Crippen LogP contribution in [0.3, 0.4) is 0 Å². The molecular formula is C22H28N4O2. The number of ether oxygens (including phenoxy) is 1. The highest BCUT2D eigenvalue weighted by Crippen LogP contribution is 2.25. The number of pyridine rings is 1. The molecule has 1 saturated heterocycles. The van der Waals surface area contributed by atoms with Gasteiger partial charge in [0.2, 0.25) is 0 Å². The Kier molecular flexibility index (Phi) is 6.07. The average molecular weight is 380 g/mol. The first kappa shape index (κ1) is 18.7. The molecular weight excluding hydrogens is 352 g/mol. The largest absolute Gasteiger partial charge is 0.491 e. The van der Waals surface area contributed by atoms with Crippen LogP contribution in [0.15, 0.2) is 48.8 Å². The zero-order chi connectivity index (χ0) is 19.2. The maximum atomic E-state index is 12.9. The van der Waals surface area contributed by atoms with Gasteiger partial charge in [-0.15, -0.1) is 0 Å². The van der Waals surface area contributed by atoms with Crippen LogP contribution < -0.4 is 10.1 Å². The number of nitrogens with zero attached hydrogens (tertiary/aromatic N) is 3. The molecule has 1 atom stereocenters. The number of fused-ring (bicyclic) bond motifs is 1. The molecule has 1 aromatic heterocycles. The second-order valence-electron chi connectivity index (χ2n) is 7.46. The van der Waals surface area contributed by atoms with Gasteiger partial charge in [0.05, 0.1) is 19.1 Å². The Morgan fingerprint density at radius 1 is 1.11 bits per heavy atom. The molecule has 1 N–H and O–H groups in total. The summed E-state index contributed by atoms with van der Waals surface area (Å²) in [6.07, 6.45) is 7.43. The smallest absolute Gasteiger partial charge is 0.317 e. The number of carbonyl (C=O) groups is 1. The highest BCUT2D eigenvalue weighted by Gasteiger charge is 2.25. The molecule has 0 unspecified atom stereocenters. The highest BCUT2D eigenvalue weighted by atomic mass is 16.5. The van der Waals surface area contributed by atoms with Gasteiger partial charge < -0.3 is 15.0 Å². The van der Waals surface area contributed by atoms with Crippen LogP contribution in [-0.4, -0.2) is 53.6 Å². The van der Waals surface area contributed by atoms with Gasteiger partial charge in [0.1, 0.15) is 12.4 Å². The molecule has 2 amide bonds. The summed E-state index contributed by atoms with van der Waals surface area (Å²) < 4.78 is 5.78. The second kappa shape index (κ2) is 9.06. The van der Waals surface area contributed by atoms with Crippen molar-refractivity contribution in [2.75, 3.05) is 32.8 Å². The van der Waals surface area contributed by atoms with Crippen LogP contribution in [0.25, 0.3) is 0 Å². The molecule has 148 valence electrons. The summed E-state index contributed by atoms with van der Waals surface area (Å²) in [5.41, 5.74) is 2.21. The number of rotatable bonds is 4. The monoisotopic (exact) mass is 380 g/mol. The van der Waals surface area contributed by atoms with E-state index in [4.69, 9.17) is 4.74 Å². The predicted octanol–water partition coefficient (Wildman–Crippen LogP) is 3.21. The van der Waals surface area contributed by atoms with Gasteiger partial charge in [0.25, 0.3) is 0 Å². The number of nitrogens with one attached hydrogen (secondary N) is 1. The number of carbonyl (C=O) groups excluding carboxylic acids is 1. The van der Waals surface area contributed by atoms with Crippen molar-refractivity contribution in [3.63, 3.8) is 0 Å². The van der Waals surface area contributed by atoms with Crippen LogP contribution in [0.5, 0.6) is 5.75 Å². The van der Waals surface area contributed by atoms with Gasteiger partial charge in [0, 0.05) is 24.5 Å². The van der Waals surface area contributed by atoms with Gasteiger partial charge in [-0.1, -0.05) is 30.7 Å². The summed E-state index contributed by atoms with van der Waals surface area (Å²) in [6, 6.07) is 12.1. The number of likely N-dealkylation sites (tertiary alicyclic amines) is 1. The maximum Gasteiger partial charge on any atom is 0.317 e. The Bertz CT molecular complexity index is 777. The molecule has 0 spiro atoms. The molecule has 0 saturated carbocycles. The summed E-state index contributed by atoms with van der Waals surface area (Å²) >= 11 is 0. The van der Waals surface area contributed by atoms with Gasteiger partial charge in [-0.25, -0.2) is 4.79 Å². The highest BCUT2D eigenvalue weighted by molar-refractivity contribution is 5.74. The van der Waals surface area contributed by atoms with E-state index in [2.05, 4.69) is 21.3 Å². The summed E-state index contributed by atoms with van der Waals surface area (Å²) in [6.45, 7) is 4.40. The zero-order valence-corrected chi connectivity index (χ0v) is 16.2. The molecule has 0 radical (unpaired) electrons. The first-order chi connectivity index (χ1) is 13.8. The van der Waals surface area contributed by atoms with E-state index in [9.17, 15) is 4.79 Å². The molecule has 28 heavy (non-hydrogen) atoms. The molecule has 3 heterocycles. The van der Waals surface area contributed by atoms with Crippen LogP contribution in [-0.2, 0) is 6.54 Å². The number of benzene rings is 1. The maximum absolute atomic E-state index is 12.9. The first-order valence-electron chi connectivity index (χ1n) is 10.2. The minimum absolute atomic E-state index is 0.0359. The van der Waals surface area contributed by atoms with E-state index < -0.39 is 0 Å². The van der Waals surface area contributed by atoms with Gasteiger partial charge >= 0.3 is 6.03 Å². The lowest BCUT2D eigenvalue weighted by molar-refractivity contribution is 0.152. The van der Waals surface area contributed by atoms with Crippen molar-refractivity contribution >= 4 is 6.03 Å². The van der Waals surface area contributed by atoms with Crippen molar-refractivity contribution < 1.29 is 9.53 Å². The lowest BCUT2D eigenvalue weighted by Crippen LogP contribution is -2.45. The number of amides is 2. The van der Waals surface area contributed by atoms with Gasteiger partial charge in [0.15, 0.2) is 0 Å². The number of hydrogen-bond donors (Lipinski definition) is 1. The minimum atomic E-state index is -0.0359. The molecule has 1 fully saturated rings. The van der Waals surface area contributed by atoms with E-state index in [0.29, 0.717) is 26.2 Å². The normalized spacial score (nSPS) is 18.5. The summed E-state index contributed by atoms with van der Waals surface area (Å²) in [5.74, 6) is 0.874. The lowest BCUT2D eigenvalue weighted by atomic mass is 10.0. The first-order valence-corrected chi connectivity index (χ1v) is 10.2. The second-order valence-corrected chi connectivity index (χ2v) is 7.46. The van der Waals surface area contributed by atoms with Gasteiger partial charge in [-0.3, -0.25) is 9.88 Å². The molecule has 6 nitrogen and oxygen atoms in total. The number of piperidine rings is 1. The van der Waals surface area contributed by atoms with Crippen molar-refractivity contribution in [3.8, 4) is 5.75 Å². The van der Waals surface area contributed by atoms with Gasteiger partial charge in [-0.2, -0.15) is 0 Å². The average Bonchev–Trinajstić information content (AvgIpc) is 2.98. The number of aromatic nitrogens is 1. The van der Waals surface area contributed by atoms with Crippen molar-refractivity contribution in [3.05, 3.63) is 59.9 Å². The van der Waals surface area contributed by atoms with Crippen LogP contribution in [0, 0.1) is 0 Å². The minimum Gasteiger partial charge on any atom is -0.491 e. The Hall–Kier alpha value is -2.60. The van der Waals surface area contributed by atoms with Crippen molar-refractivity contribution in [2.45, 2.75) is 31.8 Å². The molecule has 2 aliphatic heterocycles. The Balaban J connectivity index is 1.42. The number of hydrogen-bond acceptors (Lipinski definition) is 4. The Morgan fingerprint density at radius 3 is 2.79 bits per heavy atom. The van der Waals surface area contributed by atoms with E-state index in [0.717, 1.165) is 30.0 Å². The van der Waals surface area contributed by atoms with E-state index in [-0.39, 0.29) is 12.1 Å². The predicted molar refractivity (Wildman–Crippen MR) is 108 cm³/mol. The van der Waals surface area contributed by atoms with E-state index in [1.54, 1.807) is 6.20 Å². The molecule has 0 bridgehead atoms. The quantitative estimate of drug-likeness (QED) is 0.885. The van der Waals surface area contributed by atoms with Crippen LogP contribution in [0.4, 0.5) is 4.79 Å². The zero-order valence-electron chi connectivity index (χ0n) is 16.2. The number of para-hydroxylation sites is 1. The van der Waals surface area contributed by atoms with Crippen LogP contribution >= 0.6 is 0 Å². The summed E-state index contributed by atoms with van der Waals surface area (Å²) in [5, 5.41) is 3.17. The van der Waals surface area contributed by atoms with Crippen molar-refractivity contribution in [1.82, 2.24) is 20.1 Å². The van der Waals surface area contributed by atoms with Crippen molar-refractivity contribution in [1.29, 1.82) is 0 Å². The molecule has 6 heteroatoms. The standard InChI is InChI=1S/C22H28N4O2/c27-22(26-13-14-28-21-9-3-2-7-19(21)17-26)24-16-20(18-8-6-10-23-15-18)25-11-4-1-5-12-25/h2-3,6-10,15,20H,1,4-5,11-14,16-17H2,(H,24,27)/t20-/m0/s1. The third kappa shape index (κ3) is 4.44. The molecule has 2 aromatic rings. The summed E-state index contributed by atoms with van der Waals surface area (Å²) in [7, 11) is 0. The third-order valence-corrected chi connectivity index (χ3v) is 5.59. The molecule has 2 aliphatic rings. The topological polar surface area (TPSA) is 57.7 Å². The number of urea groups is 1. The van der Waals surface area contributed by atoms with Crippen LogP contribution in [0.2, 0.25) is 0 Å². The lowest BCUT2D eigenvalue weighted by Gasteiger charge is -2.35. The fourth-order valence-electron chi connectivity index (χ4n) is 4.06. The van der Waals surface area contributed by atoms with E-state index >= 15 is 0 Å². The molecule has 0 aliphatic carbocycles. The third-order valence-electron chi connectivity index (χ3n) is 5.59.